The molecule has 0 aliphatic carbocycles. The van der Waals surface area contributed by atoms with Crippen LogP contribution in [0.15, 0.2) is 66.9 Å². The first kappa shape index (κ1) is 24.0. The van der Waals surface area contributed by atoms with Crippen LogP contribution in [0, 0.1) is 0 Å². The fourth-order valence-corrected chi connectivity index (χ4v) is 3.85. The Balaban J connectivity index is 1.80. The van der Waals surface area contributed by atoms with Gasteiger partial charge in [-0.05, 0) is 63.3 Å². The van der Waals surface area contributed by atoms with Gasteiger partial charge in [-0.3, -0.25) is 15.1 Å². The molecule has 1 saturated heterocycles. The molecule has 0 amide bonds. The zero-order valence-corrected chi connectivity index (χ0v) is 20.0. The lowest BCUT2D eigenvalue weighted by molar-refractivity contribution is 0.289. The molecule has 0 unspecified atom stereocenters. The summed E-state index contributed by atoms with van der Waals surface area (Å²) in [5, 5.41) is 12.6. The predicted octanol–water partition coefficient (Wildman–Crippen LogP) is 3.90. The van der Waals surface area contributed by atoms with E-state index in [4.69, 9.17) is 0 Å². The first-order valence-corrected chi connectivity index (χ1v) is 11.3. The van der Waals surface area contributed by atoms with Crippen LogP contribution in [-0.2, 0) is 0 Å². The minimum Gasteiger partial charge on any atom is -0.371 e. The van der Waals surface area contributed by atoms with Crippen LogP contribution in [0.5, 0.6) is 0 Å². The van der Waals surface area contributed by atoms with Crippen LogP contribution in [0.25, 0.3) is 23.9 Å². The lowest BCUT2D eigenvalue weighted by Gasteiger charge is -2.32. The van der Waals surface area contributed by atoms with Gasteiger partial charge in [-0.2, -0.15) is 5.10 Å². The lowest BCUT2D eigenvalue weighted by Crippen LogP contribution is -2.30. The van der Waals surface area contributed by atoms with E-state index in [0.717, 1.165) is 40.6 Å². The van der Waals surface area contributed by atoms with Gasteiger partial charge in [0.15, 0.2) is 0 Å². The first-order valence-electron chi connectivity index (χ1n) is 11.3. The van der Waals surface area contributed by atoms with Crippen LogP contribution in [0.2, 0.25) is 0 Å². The Bertz CT molecular complexity index is 1190. The monoisotopic (exact) mass is 442 g/mol. The molecule has 2 aromatic heterocycles. The Morgan fingerprint density at radius 3 is 2.55 bits per heavy atom. The van der Waals surface area contributed by atoms with Gasteiger partial charge in [-0.15, -0.1) is 0 Å². The van der Waals surface area contributed by atoms with E-state index in [0.29, 0.717) is 11.4 Å². The number of hydrogen-bond acceptors (Lipinski definition) is 5. The average molecular weight is 443 g/mol. The molecule has 0 aromatic carbocycles. The Morgan fingerprint density at radius 1 is 1.12 bits per heavy atom. The number of nitrogens with zero attached hydrogens (tertiary/aromatic N) is 4. The van der Waals surface area contributed by atoms with Crippen molar-refractivity contribution in [2.45, 2.75) is 40.0 Å². The fourth-order valence-electron chi connectivity index (χ4n) is 3.85. The van der Waals surface area contributed by atoms with Crippen LogP contribution in [0.3, 0.4) is 0 Å². The van der Waals surface area contributed by atoms with E-state index in [1.165, 1.54) is 30.5 Å². The van der Waals surface area contributed by atoms with Crippen LogP contribution >= 0.6 is 0 Å². The van der Waals surface area contributed by atoms with Gasteiger partial charge in [0, 0.05) is 42.1 Å². The molecule has 1 aliphatic rings. The van der Waals surface area contributed by atoms with Crippen molar-refractivity contribution >= 4 is 23.9 Å². The second-order valence-electron chi connectivity index (χ2n) is 8.26. The molecule has 1 aliphatic heterocycles. The number of piperidine rings is 1. The first-order chi connectivity index (χ1) is 15.9. The van der Waals surface area contributed by atoms with Crippen molar-refractivity contribution < 1.29 is 0 Å². The number of H-pyrrole nitrogens is 1. The van der Waals surface area contributed by atoms with Gasteiger partial charge >= 0.3 is 0 Å². The second kappa shape index (κ2) is 11.3. The summed E-state index contributed by atoms with van der Waals surface area (Å²) < 4.78 is 0. The molecular formula is C27H34N6. The maximum Gasteiger partial charge on any atom is 0.115 e. The molecule has 0 spiro atoms. The van der Waals surface area contributed by atoms with E-state index < -0.39 is 0 Å². The summed E-state index contributed by atoms with van der Waals surface area (Å²) >= 11 is 0. The number of nitrogens with one attached hydrogen (secondary N) is 2. The minimum absolute atomic E-state index is 0.707. The summed E-state index contributed by atoms with van der Waals surface area (Å²) in [7, 11) is 0. The highest BCUT2D eigenvalue weighted by Crippen LogP contribution is 2.23. The van der Waals surface area contributed by atoms with Gasteiger partial charge in [0.05, 0.1) is 22.9 Å². The van der Waals surface area contributed by atoms with E-state index in [-0.39, 0.29) is 0 Å². The molecule has 2 N–H and O–H groups in total. The summed E-state index contributed by atoms with van der Waals surface area (Å²) in [4.78, 5) is 10.9. The number of rotatable bonds is 8. The molecule has 1 fully saturated rings. The summed E-state index contributed by atoms with van der Waals surface area (Å²) in [6, 6.07) is 0. The Labute approximate surface area is 196 Å². The summed E-state index contributed by atoms with van der Waals surface area (Å²) in [5.41, 5.74) is 6.67. The molecule has 6 heteroatoms. The third-order valence-electron chi connectivity index (χ3n) is 5.91. The van der Waals surface area contributed by atoms with Gasteiger partial charge in [0.2, 0.25) is 0 Å². The van der Waals surface area contributed by atoms with Gasteiger partial charge in [-0.25, -0.2) is 0 Å². The molecule has 6 nitrogen and oxygen atoms in total. The maximum atomic E-state index is 4.45. The number of likely N-dealkylation sites (tertiary alicyclic amines) is 1. The third kappa shape index (κ3) is 5.98. The van der Waals surface area contributed by atoms with Gasteiger partial charge in [0.25, 0.3) is 0 Å². The highest BCUT2D eigenvalue weighted by atomic mass is 15.1. The quantitative estimate of drug-likeness (QED) is 0.607. The molecule has 2 aromatic rings. The predicted molar refractivity (Wildman–Crippen MR) is 138 cm³/mol. The molecule has 0 saturated carbocycles. The number of aromatic nitrogens is 4. The van der Waals surface area contributed by atoms with Gasteiger partial charge in [0.1, 0.15) is 5.69 Å². The second-order valence-corrected chi connectivity index (χ2v) is 8.26. The van der Waals surface area contributed by atoms with Crippen LogP contribution < -0.4 is 15.9 Å². The molecule has 33 heavy (non-hydrogen) atoms. The molecule has 172 valence electrons. The zero-order chi connectivity index (χ0) is 23.8. The van der Waals surface area contributed by atoms with Crippen LogP contribution in [-0.4, -0.2) is 38.2 Å². The Hall–Kier alpha value is -3.67. The van der Waals surface area contributed by atoms with E-state index in [1.54, 1.807) is 18.6 Å². The van der Waals surface area contributed by atoms with E-state index in [9.17, 15) is 0 Å². The van der Waals surface area contributed by atoms with Crippen LogP contribution in [0.4, 0.5) is 0 Å². The standard InChI is InChI=1S/C27H34N6/c1-7-11-26(33-16-9-8-10-17-33)20(3)22(5)30-23(6)27-21(4)24(31-32-27)13-12-19(2)25-18-28-14-15-29-25/h7,11-15,18,30-31H,1,4,6,8-10,16-17H2,2-3,5H3/b19-12+,22-20+,24-13+,26-11+. The van der Waals surface area contributed by atoms with Crippen molar-refractivity contribution in [3.8, 4) is 0 Å². The number of hydrogen-bond donors (Lipinski definition) is 2. The fraction of sp³-hybridized carbons (Fsp3) is 0.296. The summed E-state index contributed by atoms with van der Waals surface area (Å²) in [5.74, 6) is 0. The van der Waals surface area contributed by atoms with Gasteiger partial charge < -0.3 is 10.2 Å². The molecular weight excluding hydrogens is 408 g/mol. The summed E-state index contributed by atoms with van der Waals surface area (Å²) in [6.07, 6.45) is 16.7. The molecule has 0 radical (unpaired) electrons. The van der Waals surface area contributed by atoms with Crippen molar-refractivity contribution in [3.63, 3.8) is 0 Å². The minimum atomic E-state index is 0.707. The SMILES string of the molecule is C=C/C=C(\C(C)=C(/C)NC(=C)c1n[nH]/c(=C/C=C(\C)c2cnccn2)c1=C)N1CCCCC1. The number of allylic oxidation sites excluding steroid dienone is 6. The average Bonchev–Trinajstić information content (AvgIpc) is 3.21. The third-order valence-corrected chi connectivity index (χ3v) is 5.91. The van der Waals surface area contributed by atoms with Crippen LogP contribution in [0.1, 0.15) is 51.4 Å². The van der Waals surface area contributed by atoms with Crippen molar-refractivity contribution in [3.05, 3.63) is 88.9 Å². The highest BCUT2D eigenvalue weighted by Gasteiger charge is 2.16. The molecule has 3 rings (SSSR count). The topological polar surface area (TPSA) is 69.7 Å². The van der Waals surface area contributed by atoms with E-state index >= 15 is 0 Å². The normalized spacial score (nSPS) is 16.5. The largest absolute Gasteiger partial charge is 0.371 e. The van der Waals surface area contributed by atoms with E-state index in [1.807, 2.05) is 25.2 Å². The van der Waals surface area contributed by atoms with Crippen molar-refractivity contribution in [2.24, 2.45) is 0 Å². The lowest BCUT2D eigenvalue weighted by atomic mass is 10.1. The Morgan fingerprint density at radius 2 is 1.88 bits per heavy atom. The van der Waals surface area contributed by atoms with Crippen molar-refractivity contribution in [1.82, 2.24) is 30.4 Å². The number of aromatic amines is 1. The molecule has 0 atom stereocenters. The summed E-state index contributed by atoms with van der Waals surface area (Å²) in [6.45, 7) is 20.7. The zero-order valence-electron chi connectivity index (χ0n) is 20.0. The van der Waals surface area contributed by atoms with Crippen molar-refractivity contribution in [2.75, 3.05) is 13.1 Å². The van der Waals surface area contributed by atoms with E-state index in [2.05, 4.69) is 70.0 Å². The smallest absolute Gasteiger partial charge is 0.115 e. The maximum absolute atomic E-state index is 4.45. The van der Waals surface area contributed by atoms with Crippen molar-refractivity contribution in [1.29, 1.82) is 0 Å². The molecule has 0 bridgehead atoms. The Kier molecular flexibility index (Phi) is 8.19. The highest BCUT2D eigenvalue weighted by molar-refractivity contribution is 5.67. The van der Waals surface area contributed by atoms with Gasteiger partial charge in [-0.1, -0.05) is 31.9 Å². The molecule has 3 heterocycles.